The third-order valence-corrected chi connectivity index (χ3v) is 5.38. The van der Waals surface area contributed by atoms with Gasteiger partial charge < -0.3 is 0 Å². The van der Waals surface area contributed by atoms with Crippen molar-refractivity contribution in [1.29, 1.82) is 0 Å². The van der Waals surface area contributed by atoms with Crippen molar-refractivity contribution in [1.82, 2.24) is 0 Å². The van der Waals surface area contributed by atoms with Gasteiger partial charge in [-0.15, -0.1) is 0 Å². The molecule has 0 aliphatic carbocycles. The average molecular weight is 289 g/mol. The minimum atomic E-state index is -3.51. The fourth-order valence-corrected chi connectivity index (χ4v) is 3.33. The van der Waals surface area contributed by atoms with E-state index in [0.717, 1.165) is 16.7 Å². The molecule has 0 atom stereocenters. The molecule has 0 spiro atoms. The summed E-state index contributed by atoms with van der Waals surface area (Å²) in [4.78, 5) is 0.312. The highest BCUT2D eigenvalue weighted by atomic mass is 32.2. The van der Waals surface area contributed by atoms with Crippen LogP contribution >= 0.6 is 0 Å². The third-order valence-electron chi connectivity index (χ3n) is 3.59. The molecule has 2 aromatic carbocycles. The lowest BCUT2D eigenvalue weighted by molar-refractivity contribution is 0.594. The van der Waals surface area contributed by atoms with Gasteiger partial charge >= 0.3 is 0 Å². The predicted molar refractivity (Wildman–Crippen MR) is 82.7 cm³/mol. The molecule has 4 heteroatoms. The van der Waals surface area contributed by atoms with E-state index >= 15 is 0 Å². The molecule has 0 radical (unpaired) electrons. The third kappa shape index (κ3) is 2.56. The van der Waals surface area contributed by atoms with Crippen molar-refractivity contribution in [3.8, 4) is 0 Å². The van der Waals surface area contributed by atoms with E-state index in [0.29, 0.717) is 10.6 Å². The first-order valence-electron chi connectivity index (χ1n) is 6.46. The first kappa shape index (κ1) is 14.6. The summed E-state index contributed by atoms with van der Waals surface area (Å²) < 4.78 is 26.6. The molecule has 2 rings (SSSR count). The number of anilines is 1. The zero-order valence-electron chi connectivity index (χ0n) is 12.2. The lowest BCUT2D eigenvalue weighted by atomic mass is 10.1. The average Bonchev–Trinajstić information content (AvgIpc) is 2.41. The molecule has 0 heterocycles. The number of sulfonamides is 1. The number of aryl methyl sites for hydroxylation is 2. The van der Waals surface area contributed by atoms with E-state index in [-0.39, 0.29) is 0 Å². The van der Waals surface area contributed by atoms with Gasteiger partial charge in [0.25, 0.3) is 10.0 Å². The molecule has 20 heavy (non-hydrogen) atoms. The van der Waals surface area contributed by atoms with Crippen LogP contribution in [0.25, 0.3) is 0 Å². The first-order valence-corrected chi connectivity index (χ1v) is 7.90. The van der Waals surface area contributed by atoms with Crippen LogP contribution in [0.5, 0.6) is 0 Å². The van der Waals surface area contributed by atoms with Crippen molar-refractivity contribution in [2.24, 2.45) is 0 Å². The molecule has 0 aliphatic heterocycles. The van der Waals surface area contributed by atoms with Crippen molar-refractivity contribution in [2.45, 2.75) is 25.7 Å². The molecule has 0 saturated heterocycles. The van der Waals surface area contributed by atoms with Crippen LogP contribution in [-0.4, -0.2) is 15.5 Å². The summed E-state index contributed by atoms with van der Waals surface area (Å²) in [6.45, 7) is 5.85. The SMILES string of the molecule is Cc1ccc(S(=O)(=O)N(C)c2cccc(C)c2C)cc1. The summed E-state index contributed by atoms with van der Waals surface area (Å²) in [6.07, 6.45) is 0. The van der Waals surface area contributed by atoms with Crippen LogP contribution in [0.1, 0.15) is 16.7 Å². The van der Waals surface area contributed by atoms with Crippen molar-refractivity contribution in [3.63, 3.8) is 0 Å². The molecular weight excluding hydrogens is 270 g/mol. The van der Waals surface area contributed by atoms with E-state index in [1.54, 1.807) is 19.2 Å². The number of rotatable bonds is 3. The fraction of sp³-hybridized carbons (Fsp3) is 0.250. The zero-order chi connectivity index (χ0) is 14.9. The van der Waals surface area contributed by atoms with Gasteiger partial charge in [0.15, 0.2) is 0 Å². The van der Waals surface area contributed by atoms with Crippen LogP contribution in [0, 0.1) is 20.8 Å². The number of benzene rings is 2. The molecular formula is C16H19NO2S. The first-order chi connectivity index (χ1) is 9.34. The van der Waals surface area contributed by atoms with E-state index in [1.807, 2.05) is 51.1 Å². The Labute approximate surface area is 120 Å². The number of hydrogen-bond acceptors (Lipinski definition) is 2. The van der Waals surface area contributed by atoms with E-state index in [4.69, 9.17) is 0 Å². The maximum Gasteiger partial charge on any atom is 0.264 e. The summed E-state index contributed by atoms with van der Waals surface area (Å²) in [5.41, 5.74) is 3.81. The van der Waals surface area contributed by atoms with E-state index in [1.165, 1.54) is 4.31 Å². The topological polar surface area (TPSA) is 37.4 Å². The Morgan fingerprint density at radius 3 is 2.10 bits per heavy atom. The molecule has 0 unspecified atom stereocenters. The van der Waals surface area contributed by atoms with Crippen molar-refractivity contribution >= 4 is 15.7 Å². The molecule has 0 aliphatic rings. The summed E-state index contributed by atoms with van der Waals surface area (Å²) in [7, 11) is -1.92. The molecule has 0 amide bonds. The van der Waals surface area contributed by atoms with Gasteiger partial charge in [0, 0.05) is 7.05 Å². The summed E-state index contributed by atoms with van der Waals surface area (Å²) in [6, 6.07) is 12.6. The second-order valence-electron chi connectivity index (χ2n) is 5.00. The Morgan fingerprint density at radius 1 is 0.900 bits per heavy atom. The van der Waals surface area contributed by atoms with Crippen molar-refractivity contribution in [3.05, 3.63) is 59.2 Å². The molecule has 0 fully saturated rings. The lowest BCUT2D eigenvalue weighted by Gasteiger charge is -2.22. The van der Waals surface area contributed by atoms with Crippen molar-refractivity contribution in [2.75, 3.05) is 11.4 Å². The quantitative estimate of drug-likeness (QED) is 0.868. The molecule has 2 aromatic rings. The van der Waals surface area contributed by atoms with Crippen LogP contribution < -0.4 is 4.31 Å². The van der Waals surface area contributed by atoms with E-state index < -0.39 is 10.0 Å². The minimum Gasteiger partial charge on any atom is -0.269 e. The highest BCUT2D eigenvalue weighted by molar-refractivity contribution is 7.92. The molecule has 3 nitrogen and oxygen atoms in total. The van der Waals surface area contributed by atoms with Gasteiger partial charge in [-0.25, -0.2) is 8.42 Å². The van der Waals surface area contributed by atoms with Crippen molar-refractivity contribution < 1.29 is 8.42 Å². The Kier molecular flexibility index (Phi) is 3.86. The zero-order valence-corrected chi connectivity index (χ0v) is 13.0. The Morgan fingerprint density at radius 2 is 1.50 bits per heavy atom. The second-order valence-corrected chi connectivity index (χ2v) is 6.97. The van der Waals surface area contributed by atoms with Crippen LogP contribution in [0.3, 0.4) is 0 Å². The van der Waals surface area contributed by atoms with Gasteiger partial charge in [0.05, 0.1) is 10.6 Å². The molecule has 0 bridgehead atoms. The summed E-state index contributed by atoms with van der Waals surface area (Å²) >= 11 is 0. The Balaban J connectivity index is 2.49. The second kappa shape index (κ2) is 5.29. The van der Waals surface area contributed by atoms with E-state index in [9.17, 15) is 8.42 Å². The summed E-state index contributed by atoms with van der Waals surface area (Å²) in [5, 5.41) is 0. The smallest absolute Gasteiger partial charge is 0.264 e. The lowest BCUT2D eigenvalue weighted by Crippen LogP contribution is -2.27. The predicted octanol–water partition coefficient (Wildman–Crippen LogP) is 3.44. The van der Waals surface area contributed by atoms with Crippen LogP contribution in [0.15, 0.2) is 47.4 Å². The normalized spacial score (nSPS) is 11.4. The highest BCUT2D eigenvalue weighted by Gasteiger charge is 2.22. The van der Waals surface area contributed by atoms with Gasteiger partial charge in [0.2, 0.25) is 0 Å². The standard InChI is InChI=1S/C16H19NO2S/c1-12-8-10-15(11-9-12)20(18,19)17(4)16-7-5-6-13(2)14(16)3/h5-11H,1-4H3. The largest absolute Gasteiger partial charge is 0.269 e. The highest BCUT2D eigenvalue weighted by Crippen LogP contribution is 2.27. The molecule has 0 aromatic heterocycles. The van der Waals surface area contributed by atoms with Crippen LogP contribution in [0.4, 0.5) is 5.69 Å². The molecule has 0 saturated carbocycles. The van der Waals surface area contributed by atoms with Crippen LogP contribution in [-0.2, 0) is 10.0 Å². The Hall–Kier alpha value is -1.81. The molecule has 106 valence electrons. The van der Waals surface area contributed by atoms with Gasteiger partial charge in [-0.2, -0.15) is 0 Å². The minimum absolute atomic E-state index is 0.312. The van der Waals surface area contributed by atoms with Gasteiger partial charge in [-0.05, 0) is 50.1 Å². The monoisotopic (exact) mass is 289 g/mol. The number of hydrogen-bond donors (Lipinski definition) is 0. The van der Waals surface area contributed by atoms with Gasteiger partial charge in [-0.1, -0.05) is 29.8 Å². The maximum atomic E-state index is 12.6. The number of nitrogens with zero attached hydrogens (tertiary/aromatic N) is 1. The maximum absolute atomic E-state index is 12.6. The van der Waals surface area contributed by atoms with Crippen LogP contribution in [0.2, 0.25) is 0 Å². The molecule has 0 N–H and O–H groups in total. The summed E-state index contributed by atoms with van der Waals surface area (Å²) in [5.74, 6) is 0. The van der Waals surface area contributed by atoms with Gasteiger partial charge in [-0.3, -0.25) is 4.31 Å². The van der Waals surface area contributed by atoms with Gasteiger partial charge in [0.1, 0.15) is 0 Å². The fourth-order valence-electron chi connectivity index (χ4n) is 2.07. The Bertz CT molecular complexity index is 719. The van der Waals surface area contributed by atoms with E-state index in [2.05, 4.69) is 0 Å².